The van der Waals surface area contributed by atoms with E-state index in [4.69, 9.17) is 10.9 Å². The van der Waals surface area contributed by atoms with Crippen molar-refractivity contribution < 1.29 is 13.6 Å². The molecule has 0 radical (unpaired) electrons. The Kier molecular flexibility index (Phi) is 4.42. The predicted molar refractivity (Wildman–Crippen MR) is 74.6 cm³/mol. The summed E-state index contributed by atoms with van der Waals surface area (Å²) in [4.78, 5) is 0. The number of nitrogens with one attached hydrogen (secondary N) is 1. The quantitative estimate of drug-likeness (QED) is 0.330. The Morgan fingerprint density at radius 1 is 1.61 bits per heavy atom. The molecule has 6 nitrogen and oxygen atoms in total. The lowest BCUT2D eigenvalue weighted by Crippen LogP contribution is -2.52. The Morgan fingerprint density at radius 3 is 2.56 bits per heavy atom. The second-order valence-electron chi connectivity index (χ2n) is 4.24. The molecular weight excluding hydrogens is 342 g/mol. The number of halogens is 1. The smallest absolute Gasteiger partial charge is 0.250 e. The molecule has 1 rings (SSSR count). The molecule has 1 aromatic heterocycles. The number of rotatable bonds is 4. The maximum atomic E-state index is 12.1. The molecule has 0 fully saturated rings. The summed E-state index contributed by atoms with van der Waals surface area (Å²) in [6, 6.07) is 1.56. The standard InChI is InChI=1S/C9H14BrN3O3S2/c1-5-4-6(17-7(5)10)18(15,16)13-9(2,3)8(11)12-14/h4,13-14H,1-3H3,(H2,11,12). The highest BCUT2D eigenvalue weighted by molar-refractivity contribution is 9.11. The molecule has 1 aromatic rings. The number of hydrogen-bond acceptors (Lipinski definition) is 5. The van der Waals surface area contributed by atoms with E-state index in [-0.39, 0.29) is 10.0 Å². The van der Waals surface area contributed by atoms with Gasteiger partial charge in [-0.25, -0.2) is 8.42 Å². The molecule has 0 unspecified atom stereocenters. The summed E-state index contributed by atoms with van der Waals surface area (Å²) in [5.41, 5.74) is 5.10. The van der Waals surface area contributed by atoms with E-state index in [2.05, 4.69) is 25.8 Å². The van der Waals surface area contributed by atoms with Gasteiger partial charge in [0, 0.05) is 0 Å². The van der Waals surface area contributed by atoms with Crippen molar-refractivity contribution in [3.05, 3.63) is 15.4 Å². The van der Waals surface area contributed by atoms with Gasteiger partial charge < -0.3 is 10.9 Å². The molecule has 9 heteroatoms. The molecule has 0 saturated heterocycles. The summed E-state index contributed by atoms with van der Waals surface area (Å²) in [5, 5.41) is 11.4. The molecule has 4 N–H and O–H groups in total. The van der Waals surface area contributed by atoms with Crippen LogP contribution in [0, 0.1) is 6.92 Å². The maximum Gasteiger partial charge on any atom is 0.250 e. The third-order valence-electron chi connectivity index (χ3n) is 2.24. The Balaban J connectivity index is 3.10. The minimum Gasteiger partial charge on any atom is -0.409 e. The average Bonchev–Trinajstić information content (AvgIpc) is 2.57. The van der Waals surface area contributed by atoms with E-state index in [1.54, 1.807) is 13.0 Å². The summed E-state index contributed by atoms with van der Waals surface area (Å²) >= 11 is 4.37. The molecule has 0 atom stereocenters. The molecule has 0 amide bonds. The summed E-state index contributed by atoms with van der Waals surface area (Å²) in [6.45, 7) is 4.82. The monoisotopic (exact) mass is 355 g/mol. The van der Waals surface area contributed by atoms with Crippen LogP contribution in [-0.2, 0) is 10.0 Å². The highest BCUT2D eigenvalue weighted by atomic mass is 79.9. The number of nitrogens with two attached hydrogens (primary N) is 1. The number of oxime groups is 1. The number of nitrogens with zero attached hydrogens (tertiary/aromatic N) is 1. The lowest BCUT2D eigenvalue weighted by molar-refractivity contribution is 0.312. The second-order valence-corrected chi connectivity index (χ2v) is 8.52. The van der Waals surface area contributed by atoms with Crippen LogP contribution < -0.4 is 10.5 Å². The van der Waals surface area contributed by atoms with Crippen LogP contribution in [0.25, 0.3) is 0 Å². The molecule has 0 spiro atoms. The van der Waals surface area contributed by atoms with Crippen LogP contribution in [0.4, 0.5) is 0 Å². The molecular formula is C9H14BrN3O3S2. The van der Waals surface area contributed by atoms with Crippen LogP contribution in [0.5, 0.6) is 0 Å². The van der Waals surface area contributed by atoms with Crippen molar-refractivity contribution in [2.24, 2.45) is 10.9 Å². The predicted octanol–water partition coefficient (Wildman–Crippen LogP) is 1.62. The number of aryl methyl sites for hydroxylation is 1. The molecule has 0 aliphatic rings. The van der Waals surface area contributed by atoms with Gasteiger partial charge >= 0.3 is 0 Å². The Hall–Kier alpha value is -0.640. The van der Waals surface area contributed by atoms with Crippen LogP contribution in [0.15, 0.2) is 19.2 Å². The fraction of sp³-hybridized carbons (Fsp3) is 0.444. The van der Waals surface area contributed by atoms with Gasteiger partial charge in [-0.1, -0.05) is 5.16 Å². The van der Waals surface area contributed by atoms with Gasteiger partial charge in [0.05, 0.1) is 9.33 Å². The van der Waals surface area contributed by atoms with Gasteiger partial charge in [0.2, 0.25) is 0 Å². The van der Waals surface area contributed by atoms with Crippen LogP contribution in [0.2, 0.25) is 0 Å². The first-order valence-corrected chi connectivity index (χ1v) is 7.97. The van der Waals surface area contributed by atoms with Crippen molar-refractivity contribution in [3.8, 4) is 0 Å². The molecule has 1 heterocycles. The topological polar surface area (TPSA) is 105 Å². The maximum absolute atomic E-state index is 12.1. The molecule has 102 valence electrons. The fourth-order valence-electron chi connectivity index (χ4n) is 1.13. The zero-order chi connectivity index (χ0) is 14.1. The van der Waals surface area contributed by atoms with Crippen LogP contribution in [0.3, 0.4) is 0 Å². The Labute approximate surface area is 118 Å². The third kappa shape index (κ3) is 3.22. The molecule has 0 aromatic carbocycles. The van der Waals surface area contributed by atoms with Crippen molar-refractivity contribution in [1.82, 2.24) is 4.72 Å². The molecule has 0 aliphatic carbocycles. The zero-order valence-corrected chi connectivity index (χ0v) is 13.3. The Morgan fingerprint density at radius 2 is 2.17 bits per heavy atom. The first-order chi connectivity index (χ1) is 8.10. The van der Waals surface area contributed by atoms with E-state index in [0.717, 1.165) is 20.7 Å². The molecule has 0 saturated carbocycles. The van der Waals surface area contributed by atoms with Gasteiger partial charge in [-0.15, -0.1) is 11.3 Å². The summed E-state index contributed by atoms with van der Waals surface area (Å²) < 4.78 is 27.6. The van der Waals surface area contributed by atoms with Crippen molar-refractivity contribution >= 4 is 43.1 Å². The molecule has 0 bridgehead atoms. The second kappa shape index (κ2) is 5.16. The highest BCUT2D eigenvalue weighted by Gasteiger charge is 2.31. The first kappa shape index (κ1) is 15.4. The summed E-state index contributed by atoms with van der Waals surface area (Å²) in [6.07, 6.45) is 0. The molecule has 0 aliphatic heterocycles. The number of thiophene rings is 1. The number of amidine groups is 1. The van der Waals surface area contributed by atoms with Gasteiger partial charge in [-0.3, -0.25) is 0 Å². The van der Waals surface area contributed by atoms with E-state index < -0.39 is 15.6 Å². The number of hydrogen-bond donors (Lipinski definition) is 3. The third-order valence-corrected chi connectivity index (χ3v) is 6.50. The number of sulfonamides is 1. The minimum atomic E-state index is -3.71. The van der Waals surface area contributed by atoms with Gasteiger partial charge in [-0.05, 0) is 48.3 Å². The van der Waals surface area contributed by atoms with Gasteiger partial charge in [0.15, 0.2) is 5.84 Å². The largest absolute Gasteiger partial charge is 0.409 e. The van der Waals surface area contributed by atoms with Gasteiger partial charge in [0.1, 0.15) is 4.21 Å². The van der Waals surface area contributed by atoms with Crippen LogP contribution in [0.1, 0.15) is 19.4 Å². The summed E-state index contributed by atoms with van der Waals surface area (Å²) in [7, 11) is -3.71. The zero-order valence-electron chi connectivity index (χ0n) is 10.1. The minimum absolute atomic E-state index is 0.172. The first-order valence-electron chi connectivity index (χ1n) is 4.88. The van der Waals surface area contributed by atoms with E-state index in [0.29, 0.717) is 0 Å². The SMILES string of the molecule is Cc1cc(S(=O)(=O)NC(C)(C)C(N)=NO)sc1Br. The van der Waals surface area contributed by atoms with E-state index in [9.17, 15) is 8.42 Å². The van der Waals surface area contributed by atoms with E-state index in [1.807, 2.05) is 0 Å². The van der Waals surface area contributed by atoms with Gasteiger partial charge in [0.25, 0.3) is 10.0 Å². The van der Waals surface area contributed by atoms with E-state index >= 15 is 0 Å². The molecule has 18 heavy (non-hydrogen) atoms. The van der Waals surface area contributed by atoms with Crippen LogP contribution in [-0.4, -0.2) is 25.0 Å². The normalized spacial score (nSPS) is 13.9. The van der Waals surface area contributed by atoms with Crippen molar-refractivity contribution in [3.63, 3.8) is 0 Å². The highest BCUT2D eigenvalue weighted by Crippen LogP contribution is 2.30. The Bertz CT molecular complexity index is 558. The van der Waals surface area contributed by atoms with Crippen molar-refractivity contribution in [1.29, 1.82) is 0 Å². The lowest BCUT2D eigenvalue weighted by Gasteiger charge is -2.23. The summed E-state index contributed by atoms with van der Waals surface area (Å²) in [5.74, 6) is -0.210. The van der Waals surface area contributed by atoms with Crippen molar-refractivity contribution in [2.75, 3.05) is 0 Å². The van der Waals surface area contributed by atoms with Gasteiger partial charge in [-0.2, -0.15) is 4.72 Å². The lowest BCUT2D eigenvalue weighted by atomic mass is 10.1. The van der Waals surface area contributed by atoms with Crippen LogP contribution >= 0.6 is 27.3 Å². The van der Waals surface area contributed by atoms with Crippen molar-refractivity contribution in [2.45, 2.75) is 30.5 Å². The fourth-order valence-corrected chi connectivity index (χ4v) is 4.74. The van der Waals surface area contributed by atoms with E-state index in [1.165, 1.54) is 13.8 Å². The average molecular weight is 356 g/mol.